The number of rotatable bonds is 4. The summed E-state index contributed by atoms with van der Waals surface area (Å²) in [4.78, 5) is 12.1. The SMILES string of the molecule is CC(Cl)CCNC(=O)c1cccc2ccccc12. The van der Waals surface area contributed by atoms with Gasteiger partial charge in [-0.15, -0.1) is 11.6 Å². The Morgan fingerprint density at radius 3 is 2.72 bits per heavy atom. The molecule has 0 saturated heterocycles. The van der Waals surface area contributed by atoms with Gasteiger partial charge in [0.25, 0.3) is 5.91 Å². The van der Waals surface area contributed by atoms with Crippen molar-refractivity contribution in [3.63, 3.8) is 0 Å². The van der Waals surface area contributed by atoms with E-state index in [9.17, 15) is 4.79 Å². The molecule has 0 bridgehead atoms. The van der Waals surface area contributed by atoms with Crippen molar-refractivity contribution in [2.75, 3.05) is 6.54 Å². The fourth-order valence-corrected chi connectivity index (χ4v) is 2.01. The summed E-state index contributed by atoms with van der Waals surface area (Å²) >= 11 is 5.85. The maximum Gasteiger partial charge on any atom is 0.251 e. The zero-order chi connectivity index (χ0) is 13.0. The predicted molar refractivity (Wildman–Crippen MR) is 76.2 cm³/mol. The first kappa shape index (κ1) is 12.9. The molecule has 0 aliphatic carbocycles. The number of amides is 1. The Kier molecular flexibility index (Phi) is 4.21. The molecule has 1 unspecified atom stereocenters. The molecular weight excluding hydrogens is 246 g/mol. The van der Waals surface area contributed by atoms with Crippen molar-refractivity contribution >= 4 is 28.3 Å². The van der Waals surface area contributed by atoms with Gasteiger partial charge in [-0.25, -0.2) is 0 Å². The number of carbonyl (C=O) groups is 1. The van der Waals surface area contributed by atoms with E-state index in [1.807, 2.05) is 49.4 Å². The molecule has 0 fully saturated rings. The van der Waals surface area contributed by atoms with Gasteiger partial charge in [-0.2, -0.15) is 0 Å². The van der Waals surface area contributed by atoms with Gasteiger partial charge in [-0.1, -0.05) is 36.4 Å². The minimum absolute atomic E-state index is 0.0379. The van der Waals surface area contributed by atoms with E-state index in [1.165, 1.54) is 0 Å². The van der Waals surface area contributed by atoms with E-state index in [0.29, 0.717) is 6.54 Å². The summed E-state index contributed by atoms with van der Waals surface area (Å²) in [6, 6.07) is 13.6. The molecule has 0 aliphatic heterocycles. The highest BCUT2D eigenvalue weighted by Crippen LogP contribution is 2.18. The summed E-state index contributed by atoms with van der Waals surface area (Å²) in [5, 5.41) is 5.04. The van der Waals surface area contributed by atoms with Crippen LogP contribution in [0.15, 0.2) is 42.5 Å². The van der Waals surface area contributed by atoms with Crippen LogP contribution in [0.4, 0.5) is 0 Å². The molecule has 18 heavy (non-hydrogen) atoms. The molecule has 2 rings (SSSR count). The van der Waals surface area contributed by atoms with Crippen LogP contribution in [0.3, 0.4) is 0 Å². The molecule has 94 valence electrons. The predicted octanol–water partition coefficient (Wildman–Crippen LogP) is 3.59. The van der Waals surface area contributed by atoms with Gasteiger partial charge in [-0.05, 0) is 30.2 Å². The molecule has 0 heterocycles. The summed E-state index contributed by atoms with van der Waals surface area (Å²) in [5.41, 5.74) is 0.718. The van der Waals surface area contributed by atoms with E-state index >= 15 is 0 Å². The number of hydrogen-bond acceptors (Lipinski definition) is 1. The molecule has 0 aromatic heterocycles. The van der Waals surface area contributed by atoms with E-state index in [2.05, 4.69) is 5.32 Å². The van der Waals surface area contributed by atoms with Gasteiger partial charge in [-0.3, -0.25) is 4.79 Å². The Labute approximate surface area is 112 Å². The number of halogens is 1. The van der Waals surface area contributed by atoms with Crippen molar-refractivity contribution in [2.45, 2.75) is 18.7 Å². The van der Waals surface area contributed by atoms with E-state index in [4.69, 9.17) is 11.6 Å². The zero-order valence-corrected chi connectivity index (χ0v) is 11.1. The number of alkyl halides is 1. The third-order valence-electron chi connectivity index (χ3n) is 2.86. The number of benzene rings is 2. The largest absolute Gasteiger partial charge is 0.352 e. The number of hydrogen-bond donors (Lipinski definition) is 1. The van der Waals surface area contributed by atoms with Crippen LogP contribution in [-0.2, 0) is 0 Å². The Hall–Kier alpha value is -1.54. The molecule has 1 N–H and O–H groups in total. The summed E-state index contributed by atoms with van der Waals surface area (Å²) in [6.45, 7) is 2.53. The van der Waals surface area contributed by atoms with Crippen molar-refractivity contribution in [3.05, 3.63) is 48.0 Å². The molecule has 2 aromatic rings. The Balaban J connectivity index is 2.17. The molecule has 0 spiro atoms. The van der Waals surface area contributed by atoms with Crippen molar-refractivity contribution in [2.24, 2.45) is 0 Å². The summed E-state index contributed by atoms with van der Waals surface area (Å²) in [6.07, 6.45) is 0.776. The average molecular weight is 262 g/mol. The lowest BCUT2D eigenvalue weighted by Gasteiger charge is -2.08. The van der Waals surface area contributed by atoms with Crippen molar-refractivity contribution in [1.82, 2.24) is 5.32 Å². The summed E-state index contributed by atoms with van der Waals surface area (Å²) in [5.74, 6) is -0.0379. The lowest BCUT2D eigenvalue weighted by Crippen LogP contribution is -2.25. The van der Waals surface area contributed by atoms with Gasteiger partial charge in [0.05, 0.1) is 0 Å². The zero-order valence-electron chi connectivity index (χ0n) is 10.3. The summed E-state index contributed by atoms with van der Waals surface area (Å²) in [7, 11) is 0. The Morgan fingerprint density at radius 1 is 1.22 bits per heavy atom. The van der Waals surface area contributed by atoms with E-state index in [1.54, 1.807) is 0 Å². The topological polar surface area (TPSA) is 29.1 Å². The van der Waals surface area contributed by atoms with E-state index in [0.717, 1.165) is 22.8 Å². The fraction of sp³-hybridized carbons (Fsp3) is 0.267. The van der Waals surface area contributed by atoms with Crippen LogP contribution < -0.4 is 5.32 Å². The Bertz CT molecular complexity index is 546. The quantitative estimate of drug-likeness (QED) is 0.838. The average Bonchev–Trinajstić information content (AvgIpc) is 2.37. The van der Waals surface area contributed by atoms with Crippen molar-refractivity contribution < 1.29 is 4.79 Å². The maximum atomic E-state index is 12.1. The normalized spacial score (nSPS) is 12.3. The molecule has 0 aliphatic rings. The molecule has 1 amide bonds. The highest BCUT2D eigenvalue weighted by molar-refractivity contribution is 6.20. The lowest BCUT2D eigenvalue weighted by atomic mass is 10.0. The second-order valence-corrected chi connectivity index (χ2v) is 5.10. The highest BCUT2D eigenvalue weighted by Gasteiger charge is 2.09. The molecule has 2 aromatic carbocycles. The smallest absolute Gasteiger partial charge is 0.251 e. The molecule has 0 saturated carbocycles. The number of fused-ring (bicyclic) bond motifs is 1. The molecule has 1 atom stereocenters. The third-order valence-corrected chi connectivity index (χ3v) is 3.08. The summed E-state index contributed by atoms with van der Waals surface area (Å²) < 4.78 is 0. The van der Waals surface area contributed by atoms with E-state index < -0.39 is 0 Å². The standard InChI is InChI=1S/C15H16ClNO/c1-11(16)9-10-17-15(18)14-8-4-6-12-5-2-3-7-13(12)14/h2-8,11H,9-10H2,1H3,(H,17,18). The second kappa shape index (κ2) is 5.87. The second-order valence-electron chi connectivity index (χ2n) is 4.35. The fourth-order valence-electron chi connectivity index (χ4n) is 1.90. The highest BCUT2D eigenvalue weighted by atomic mass is 35.5. The molecule has 0 radical (unpaired) electrons. The van der Waals surface area contributed by atoms with Gasteiger partial charge < -0.3 is 5.32 Å². The minimum Gasteiger partial charge on any atom is -0.352 e. The first-order valence-corrected chi connectivity index (χ1v) is 6.52. The van der Waals surface area contributed by atoms with Gasteiger partial charge in [0.15, 0.2) is 0 Å². The van der Waals surface area contributed by atoms with Gasteiger partial charge in [0, 0.05) is 17.5 Å². The molecule has 3 heteroatoms. The monoisotopic (exact) mass is 261 g/mol. The maximum absolute atomic E-state index is 12.1. The van der Waals surface area contributed by atoms with Crippen LogP contribution in [0, 0.1) is 0 Å². The number of carbonyl (C=O) groups excluding carboxylic acids is 1. The third kappa shape index (κ3) is 3.02. The van der Waals surface area contributed by atoms with E-state index in [-0.39, 0.29) is 11.3 Å². The van der Waals surface area contributed by atoms with Crippen LogP contribution in [0.2, 0.25) is 0 Å². The number of nitrogens with one attached hydrogen (secondary N) is 1. The van der Waals surface area contributed by atoms with Crippen LogP contribution in [0.1, 0.15) is 23.7 Å². The Morgan fingerprint density at radius 2 is 1.94 bits per heavy atom. The van der Waals surface area contributed by atoms with Gasteiger partial charge in [0.2, 0.25) is 0 Å². The molecular formula is C15H16ClNO. The molecule has 2 nitrogen and oxygen atoms in total. The van der Waals surface area contributed by atoms with Gasteiger partial charge in [0.1, 0.15) is 0 Å². The lowest BCUT2D eigenvalue weighted by molar-refractivity contribution is 0.0955. The first-order chi connectivity index (χ1) is 8.68. The van der Waals surface area contributed by atoms with Crippen molar-refractivity contribution in [3.8, 4) is 0 Å². The van der Waals surface area contributed by atoms with Crippen molar-refractivity contribution in [1.29, 1.82) is 0 Å². The van der Waals surface area contributed by atoms with Crippen LogP contribution >= 0.6 is 11.6 Å². The van der Waals surface area contributed by atoms with Crippen LogP contribution in [0.5, 0.6) is 0 Å². The first-order valence-electron chi connectivity index (χ1n) is 6.08. The minimum atomic E-state index is -0.0379. The van der Waals surface area contributed by atoms with Crippen LogP contribution in [0.25, 0.3) is 10.8 Å². The van der Waals surface area contributed by atoms with Crippen LogP contribution in [-0.4, -0.2) is 17.8 Å². The van der Waals surface area contributed by atoms with Gasteiger partial charge >= 0.3 is 0 Å².